The van der Waals surface area contributed by atoms with Gasteiger partial charge in [0.2, 0.25) is 0 Å². The largest absolute Gasteiger partial charge is 0.295 e. The molecular formula is C15H22O. The van der Waals surface area contributed by atoms with Gasteiger partial charge in [0.25, 0.3) is 0 Å². The van der Waals surface area contributed by atoms with Crippen LogP contribution in [0.5, 0.6) is 0 Å². The van der Waals surface area contributed by atoms with Crippen LogP contribution in [-0.2, 0) is 4.79 Å². The zero-order valence-electron chi connectivity index (χ0n) is 10.7. The molecule has 0 spiro atoms. The van der Waals surface area contributed by atoms with Crippen molar-refractivity contribution in [3.05, 3.63) is 23.3 Å². The molecule has 0 radical (unpaired) electrons. The summed E-state index contributed by atoms with van der Waals surface area (Å²) in [6.07, 6.45) is 4.24. The summed E-state index contributed by atoms with van der Waals surface area (Å²) in [6, 6.07) is 0. The van der Waals surface area contributed by atoms with E-state index in [2.05, 4.69) is 20.4 Å². The SMILES string of the molecule is C=C(C)[C@@H]1CC(=O)C(C)=C2CC[C@H](C)[C@@H]2C1. The molecular weight excluding hydrogens is 196 g/mol. The van der Waals surface area contributed by atoms with Crippen molar-refractivity contribution in [3.8, 4) is 0 Å². The van der Waals surface area contributed by atoms with Gasteiger partial charge in [-0.1, -0.05) is 24.6 Å². The molecule has 0 heterocycles. The lowest BCUT2D eigenvalue weighted by atomic mass is 9.83. The van der Waals surface area contributed by atoms with Crippen LogP contribution in [0.15, 0.2) is 23.3 Å². The molecule has 0 aromatic carbocycles. The van der Waals surface area contributed by atoms with Crippen molar-refractivity contribution < 1.29 is 4.79 Å². The molecule has 0 N–H and O–H groups in total. The lowest BCUT2D eigenvalue weighted by Crippen LogP contribution is -2.12. The molecule has 16 heavy (non-hydrogen) atoms. The Labute approximate surface area is 98.6 Å². The van der Waals surface area contributed by atoms with Gasteiger partial charge in [-0.2, -0.15) is 0 Å². The first-order valence-electron chi connectivity index (χ1n) is 6.39. The summed E-state index contributed by atoms with van der Waals surface area (Å²) in [4.78, 5) is 12.1. The number of Topliss-reactive ketones (excluding diaryl/α,β-unsaturated/α-hetero) is 1. The fourth-order valence-electron chi connectivity index (χ4n) is 3.27. The highest BCUT2D eigenvalue weighted by molar-refractivity contribution is 5.96. The molecule has 0 aromatic heterocycles. The third-order valence-electron chi connectivity index (χ3n) is 4.57. The third kappa shape index (κ3) is 1.88. The Bertz CT molecular complexity index is 362. The summed E-state index contributed by atoms with van der Waals surface area (Å²) in [5, 5.41) is 0. The number of carbonyl (C=O) groups is 1. The number of hydrogen-bond donors (Lipinski definition) is 0. The van der Waals surface area contributed by atoms with E-state index >= 15 is 0 Å². The molecule has 1 heteroatoms. The number of fused-ring (bicyclic) bond motifs is 1. The summed E-state index contributed by atoms with van der Waals surface area (Å²) in [5.74, 6) is 2.16. The zero-order valence-corrected chi connectivity index (χ0v) is 10.7. The van der Waals surface area contributed by atoms with Gasteiger partial charge in [-0.25, -0.2) is 0 Å². The molecule has 1 fully saturated rings. The minimum absolute atomic E-state index is 0.361. The molecule has 2 aliphatic rings. The highest BCUT2D eigenvalue weighted by Crippen LogP contribution is 2.45. The Morgan fingerprint density at radius 1 is 1.44 bits per heavy atom. The van der Waals surface area contributed by atoms with Crippen LogP contribution < -0.4 is 0 Å². The zero-order chi connectivity index (χ0) is 11.9. The minimum atomic E-state index is 0.361. The second-order valence-electron chi connectivity index (χ2n) is 5.68. The molecule has 1 saturated carbocycles. The minimum Gasteiger partial charge on any atom is -0.295 e. The number of hydrogen-bond acceptors (Lipinski definition) is 1. The van der Waals surface area contributed by atoms with Crippen LogP contribution in [0, 0.1) is 17.8 Å². The molecule has 0 unspecified atom stereocenters. The lowest BCUT2D eigenvalue weighted by molar-refractivity contribution is -0.116. The van der Waals surface area contributed by atoms with Crippen molar-refractivity contribution in [1.82, 2.24) is 0 Å². The Balaban J connectivity index is 2.33. The summed E-state index contributed by atoms with van der Waals surface area (Å²) < 4.78 is 0. The van der Waals surface area contributed by atoms with E-state index in [9.17, 15) is 4.79 Å². The van der Waals surface area contributed by atoms with E-state index in [0.29, 0.717) is 24.0 Å². The Morgan fingerprint density at radius 3 is 2.75 bits per heavy atom. The van der Waals surface area contributed by atoms with Crippen LogP contribution >= 0.6 is 0 Å². The maximum absolute atomic E-state index is 12.1. The predicted octanol–water partition coefficient (Wildman–Crippen LogP) is 3.90. The predicted molar refractivity (Wildman–Crippen MR) is 67.1 cm³/mol. The highest BCUT2D eigenvalue weighted by atomic mass is 16.1. The van der Waals surface area contributed by atoms with Crippen LogP contribution in [0.3, 0.4) is 0 Å². The molecule has 3 atom stereocenters. The van der Waals surface area contributed by atoms with Crippen molar-refractivity contribution in [1.29, 1.82) is 0 Å². The lowest BCUT2D eigenvalue weighted by Gasteiger charge is -2.21. The van der Waals surface area contributed by atoms with Gasteiger partial charge in [0.1, 0.15) is 0 Å². The van der Waals surface area contributed by atoms with E-state index < -0.39 is 0 Å². The summed E-state index contributed by atoms with van der Waals surface area (Å²) in [5.41, 5.74) is 3.71. The quantitative estimate of drug-likeness (QED) is 0.610. The van der Waals surface area contributed by atoms with Gasteiger partial charge in [-0.05, 0) is 56.4 Å². The average molecular weight is 218 g/mol. The molecule has 1 nitrogen and oxygen atoms in total. The summed E-state index contributed by atoms with van der Waals surface area (Å²) in [6.45, 7) is 10.5. The van der Waals surface area contributed by atoms with E-state index in [1.807, 2.05) is 6.92 Å². The number of rotatable bonds is 1. The van der Waals surface area contributed by atoms with Crippen molar-refractivity contribution in [3.63, 3.8) is 0 Å². The molecule has 0 saturated heterocycles. The van der Waals surface area contributed by atoms with Crippen LogP contribution in [0.1, 0.15) is 46.5 Å². The molecule has 88 valence electrons. The van der Waals surface area contributed by atoms with E-state index in [-0.39, 0.29) is 0 Å². The van der Waals surface area contributed by atoms with Crippen LogP contribution in [0.4, 0.5) is 0 Å². The first-order chi connectivity index (χ1) is 7.50. The maximum Gasteiger partial charge on any atom is 0.159 e. The van der Waals surface area contributed by atoms with E-state index in [1.165, 1.54) is 17.6 Å². The van der Waals surface area contributed by atoms with E-state index in [0.717, 1.165) is 24.3 Å². The first kappa shape index (κ1) is 11.6. The number of allylic oxidation sites excluding steroid dienone is 3. The standard InChI is InChI=1S/C15H22O/c1-9(2)12-7-14-10(3)5-6-13(14)11(4)15(16)8-12/h10,12,14H,1,5-8H2,2-4H3/t10-,12-,14-/m0/s1. The average Bonchev–Trinajstić information content (AvgIpc) is 2.51. The molecule has 0 aromatic rings. The monoisotopic (exact) mass is 218 g/mol. The normalized spacial score (nSPS) is 34.9. The first-order valence-corrected chi connectivity index (χ1v) is 6.39. The highest BCUT2D eigenvalue weighted by Gasteiger charge is 2.36. The van der Waals surface area contributed by atoms with Crippen molar-refractivity contribution in [2.75, 3.05) is 0 Å². The number of carbonyl (C=O) groups excluding carboxylic acids is 1. The van der Waals surface area contributed by atoms with Crippen molar-refractivity contribution in [2.24, 2.45) is 17.8 Å². The van der Waals surface area contributed by atoms with Gasteiger partial charge < -0.3 is 0 Å². The third-order valence-corrected chi connectivity index (χ3v) is 4.57. The molecule has 0 aliphatic heterocycles. The Morgan fingerprint density at radius 2 is 2.12 bits per heavy atom. The van der Waals surface area contributed by atoms with Gasteiger partial charge in [0.15, 0.2) is 5.78 Å². The van der Waals surface area contributed by atoms with E-state index in [1.54, 1.807) is 0 Å². The van der Waals surface area contributed by atoms with Gasteiger partial charge in [0.05, 0.1) is 0 Å². The van der Waals surface area contributed by atoms with Crippen molar-refractivity contribution in [2.45, 2.75) is 46.5 Å². The van der Waals surface area contributed by atoms with Crippen molar-refractivity contribution >= 4 is 5.78 Å². The maximum atomic E-state index is 12.1. The topological polar surface area (TPSA) is 17.1 Å². The molecule has 2 aliphatic carbocycles. The van der Waals surface area contributed by atoms with Gasteiger partial charge in [-0.15, -0.1) is 0 Å². The fraction of sp³-hybridized carbons (Fsp3) is 0.667. The smallest absolute Gasteiger partial charge is 0.159 e. The Hall–Kier alpha value is -0.850. The summed E-state index contributed by atoms with van der Waals surface area (Å²) >= 11 is 0. The van der Waals surface area contributed by atoms with Crippen LogP contribution in [-0.4, -0.2) is 5.78 Å². The summed E-state index contributed by atoms with van der Waals surface area (Å²) in [7, 11) is 0. The number of ketones is 1. The molecule has 2 rings (SSSR count). The second kappa shape index (κ2) is 4.20. The van der Waals surface area contributed by atoms with Gasteiger partial charge in [-0.3, -0.25) is 4.79 Å². The van der Waals surface area contributed by atoms with Crippen LogP contribution in [0.25, 0.3) is 0 Å². The Kier molecular flexibility index (Phi) is 3.05. The second-order valence-corrected chi connectivity index (χ2v) is 5.68. The van der Waals surface area contributed by atoms with Gasteiger partial charge in [0, 0.05) is 6.42 Å². The van der Waals surface area contributed by atoms with E-state index in [4.69, 9.17) is 0 Å². The van der Waals surface area contributed by atoms with Gasteiger partial charge >= 0.3 is 0 Å². The van der Waals surface area contributed by atoms with Crippen LogP contribution in [0.2, 0.25) is 0 Å². The molecule has 0 amide bonds. The molecule has 0 bridgehead atoms. The fourth-order valence-corrected chi connectivity index (χ4v) is 3.27.